The van der Waals surface area contributed by atoms with Gasteiger partial charge in [-0.1, -0.05) is 12.1 Å². The maximum Gasteiger partial charge on any atom is 0.223 e. The third kappa shape index (κ3) is 3.24. The minimum Gasteiger partial charge on any atom is -0.508 e. The van der Waals surface area contributed by atoms with E-state index in [-0.39, 0.29) is 17.6 Å². The number of fused-ring (bicyclic) bond motifs is 1. The number of phenols is 1. The van der Waals surface area contributed by atoms with Crippen molar-refractivity contribution in [1.82, 2.24) is 14.9 Å². The number of imidazole rings is 1. The maximum atomic E-state index is 12.2. The quantitative estimate of drug-likeness (QED) is 0.895. The van der Waals surface area contributed by atoms with Crippen molar-refractivity contribution in [3.8, 4) is 5.75 Å². The van der Waals surface area contributed by atoms with Crippen molar-refractivity contribution in [2.24, 2.45) is 5.92 Å². The van der Waals surface area contributed by atoms with E-state index in [0.29, 0.717) is 6.54 Å². The van der Waals surface area contributed by atoms with Crippen LogP contribution in [0.15, 0.2) is 36.8 Å². The molecule has 0 bridgehead atoms. The van der Waals surface area contributed by atoms with E-state index in [9.17, 15) is 9.90 Å². The van der Waals surface area contributed by atoms with E-state index in [4.69, 9.17) is 0 Å². The second-order valence-corrected chi connectivity index (χ2v) is 5.48. The largest absolute Gasteiger partial charge is 0.508 e. The number of carbonyl (C=O) groups is 1. The third-order valence-electron chi connectivity index (χ3n) is 3.99. The highest BCUT2D eigenvalue weighted by atomic mass is 16.3. The predicted octanol–water partition coefficient (Wildman–Crippen LogP) is 1.51. The fourth-order valence-corrected chi connectivity index (χ4v) is 2.73. The lowest BCUT2D eigenvalue weighted by atomic mass is 9.95. The Balaban J connectivity index is 1.48. The molecule has 1 amide bonds. The van der Waals surface area contributed by atoms with E-state index in [2.05, 4.69) is 14.9 Å². The summed E-state index contributed by atoms with van der Waals surface area (Å²) >= 11 is 0. The number of amides is 1. The Morgan fingerprint density at radius 2 is 2.19 bits per heavy atom. The van der Waals surface area contributed by atoms with Crippen LogP contribution in [-0.2, 0) is 24.2 Å². The van der Waals surface area contributed by atoms with E-state index in [1.165, 1.54) is 0 Å². The summed E-state index contributed by atoms with van der Waals surface area (Å²) in [6, 6.07) is 7.08. The highest BCUT2D eigenvalue weighted by Gasteiger charge is 2.24. The number of aromatic hydroxyl groups is 1. The lowest BCUT2D eigenvalue weighted by Gasteiger charge is -2.22. The number of benzene rings is 1. The monoisotopic (exact) mass is 285 g/mol. The van der Waals surface area contributed by atoms with Gasteiger partial charge in [-0.2, -0.15) is 0 Å². The summed E-state index contributed by atoms with van der Waals surface area (Å²) in [7, 11) is 0. The number of hydrogen-bond acceptors (Lipinski definition) is 3. The minimum atomic E-state index is 0.0500. The van der Waals surface area contributed by atoms with Gasteiger partial charge >= 0.3 is 0 Å². The first-order chi connectivity index (χ1) is 10.2. The number of phenolic OH excluding ortho intramolecular Hbond substituents is 1. The van der Waals surface area contributed by atoms with Gasteiger partial charge in [0.1, 0.15) is 5.75 Å². The molecule has 0 spiro atoms. The van der Waals surface area contributed by atoms with Gasteiger partial charge in [0, 0.05) is 37.3 Å². The first-order valence-electron chi connectivity index (χ1n) is 7.27. The Kier molecular flexibility index (Phi) is 3.90. The van der Waals surface area contributed by atoms with Crippen molar-refractivity contribution in [3.05, 3.63) is 48.0 Å². The molecular formula is C16H19N3O2. The molecule has 3 rings (SSSR count). The van der Waals surface area contributed by atoms with E-state index >= 15 is 0 Å². The van der Waals surface area contributed by atoms with E-state index < -0.39 is 0 Å². The van der Waals surface area contributed by atoms with Crippen LogP contribution in [0.5, 0.6) is 5.75 Å². The Hall–Kier alpha value is -2.30. The number of hydrogen-bond donors (Lipinski definition) is 2. The van der Waals surface area contributed by atoms with E-state index in [1.54, 1.807) is 12.1 Å². The predicted molar refractivity (Wildman–Crippen MR) is 78.9 cm³/mol. The molecule has 21 heavy (non-hydrogen) atoms. The van der Waals surface area contributed by atoms with Gasteiger partial charge in [-0.05, 0) is 30.5 Å². The first-order valence-corrected chi connectivity index (χ1v) is 7.27. The molecule has 1 aliphatic rings. The zero-order valence-electron chi connectivity index (χ0n) is 11.8. The normalized spacial score (nSPS) is 17.2. The van der Waals surface area contributed by atoms with Crippen LogP contribution >= 0.6 is 0 Å². The van der Waals surface area contributed by atoms with Crippen molar-refractivity contribution in [2.75, 3.05) is 6.54 Å². The van der Waals surface area contributed by atoms with E-state index in [0.717, 1.165) is 37.1 Å². The van der Waals surface area contributed by atoms with Crippen molar-refractivity contribution in [3.63, 3.8) is 0 Å². The van der Waals surface area contributed by atoms with Gasteiger partial charge in [0.05, 0.1) is 6.33 Å². The van der Waals surface area contributed by atoms with Crippen LogP contribution in [0.3, 0.4) is 0 Å². The Morgan fingerprint density at radius 3 is 3.00 bits per heavy atom. The van der Waals surface area contributed by atoms with Crippen LogP contribution in [0.4, 0.5) is 0 Å². The lowest BCUT2D eigenvalue weighted by molar-refractivity contribution is -0.125. The molecule has 0 saturated heterocycles. The SMILES string of the molecule is O=C(NCCc1ccc(O)cc1)C1CCn2cncc2C1. The topological polar surface area (TPSA) is 67.2 Å². The molecule has 110 valence electrons. The summed E-state index contributed by atoms with van der Waals surface area (Å²) in [4.78, 5) is 16.3. The summed E-state index contributed by atoms with van der Waals surface area (Å²) in [5, 5.41) is 12.2. The molecule has 2 heterocycles. The first kappa shape index (κ1) is 13.7. The molecule has 1 unspecified atom stereocenters. The molecule has 5 nitrogen and oxygen atoms in total. The number of nitrogens with zero attached hydrogens (tertiary/aromatic N) is 2. The maximum absolute atomic E-state index is 12.2. The molecule has 5 heteroatoms. The van der Waals surface area contributed by atoms with Crippen molar-refractivity contribution in [1.29, 1.82) is 0 Å². The van der Waals surface area contributed by atoms with E-state index in [1.807, 2.05) is 24.7 Å². The smallest absolute Gasteiger partial charge is 0.223 e. The van der Waals surface area contributed by atoms with Gasteiger partial charge in [-0.15, -0.1) is 0 Å². The average molecular weight is 285 g/mol. The Morgan fingerprint density at radius 1 is 1.38 bits per heavy atom. The van der Waals surface area contributed by atoms with Gasteiger partial charge < -0.3 is 15.0 Å². The van der Waals surface area contributed by atoms with Gasteiger partial charge in [0.25, 0.3) is 0 Å². The fraction of sp³-hybridized carbons (Fsp3) is 0.375. The van der Waals surface area contributed by atoms with Crippen LogP contribution in [0.1, 0.15) is 17.7 Å². The minimum absolute atomic E-state index is 0.0500. The summed E-state index contributed by atoms with van der Waals surface area (Å²) in [6.45, 7) is 1.49. The third-order valence-corrected chi connectivity index (χ3v) is 3.99. The summed E-state index contributed by atoms with van der Waals surface area (Å²) in [6.07, 6.45) is 6.08. The Labute approximate surface area is 123 Å². The molecule has 1 aromatic carbocycles. The fourth-order valence-electron chi connectivity index (χ4n) is 2.73. The van der Waals surface area contributed by atoms with Crippen molar-refractivity contribution < 1.29 is 9.90 Å². The van der Waals surface area contributed by atoms with Crippen molar-refractivity contribution in [2.45, 2.75) is 25.8 Å². The second-order valence-electron chi connectivity index (χ2n) is 5.48. The molecule has 0 aliphatic carbocycles. The number of aromatic nitrogens is 2. The number of carbonyl (C=O) groups excluding carboxylic acids is 1. The summed E-state index contributed by atoms with van der Waals surface area (Å²) < 4.78 is 2.11. The second kappa shape index (κ2) is 5.99. The van der Waals surface area contributed by atoms with Gasteiger partial charge in [-0.3, -0.25) is 4.79 Å². The molecular weight excluding hydrogens is 266 g/mol. The van der Waals surface area contributed by atoms with Gasteiger partial charge in [0.2, 0.25) is 5.91 Å². The standard InChI is InChI=1S/C16H19N3O2/c20-15-3-1-12(2-4-15)5-7-18-16(21)13-6-8-19-11-17-10-14(19)9-13/h1-4,10-11,13,20H,5-9H2,(H,18,21). The molecule has 1 aromatic heterocycles. The highest BCUT2D eigenvalue weighted by molar-refractivity contribution is 5.79. The zero-order chi connectivity index (χ0) is 14.7. The molecule has 0 saturated carbocycles. The lowest BCUT2D eigenvalue weighted by Crippen LogP contribution is -2.36. The Bertz CT molecular complexity index is 619. The molecule has 1 aliphatic heterocycles. The van der Waals surface area contributed by atoms with Crippen LogP contribution in [0, 0.1) is 5.92 Å². The average Bonchev–Trinajstić information content (AvgIpc) is 2.96. The summed E-state index contributed by atoms with van der Waals surface area (Å²) in [5.74, 6) is 0.442. The number of nitrogens with one attached hydrogen (secondary N) is 1. The van der Waals surface area contributed by atoms with Crippen LogP contribution < -0.4 is 5.32 Å². The van der Waals surface area contributed by atoms with Crippen molar-refractivity contribution >= 4 is 5.91 Å². The summed E-state index contributed by atoms with van der Waals surface area (Å²) in [5.41, 5.74) is 2.25. The molecule has 2 aromatic rings. The molecule has 0 fully saturated rings. The molecule has 2 N–H and O–H groups in total. The van der Waals surface area contributed by atoms with Crippen LogP contribution in [0.2, 0.25) is 0 Å². The zero-order valence-corrected chi connectivity index (χ0v) is 11.8. The van der Waals surface area contributed by atoms with Crippen LogP contribution in [0.25, 0.3) is 0 Å². The van der Waals surface area contributed by atoms with Crippen LogP contribution in [-0.4, -0.2) is 27.1 Å². The molecule has 0 radical (unpaired) electrons. The van der Waals surface area contributed by atoms with Gasteiger partial charge in [0.15, 0.2) is 0 Å². The van der Waals surface area contributed by atoms with Gasteiger partial charge in [-0.25, -0.2) is 4.98 Å². The highest BCUT2D eigenvalue weighted by Crippen LogP contribution is 2.19. The molecule has 1 atom stereocenters. The number of aryl methyl sites for hydroxylation is 1. The number of rotatable bonds is 4.